The van der Waals surface area contributed by atoms with Crippen LogP contribution in [0.1, 0.15) is 36.9 Å². The van der Waals surface area contributed by atoms with Gasteiger partial charge in [-0.15, -0.1) is 0 Å². The summed E-state index contributed by atoms with van der Waals surface area (Å²) in [5.41, 5.74) is 1.95. The predicted octanol–water partition coefficient (Wildman–Crippen LogP) is 4.14. The van der Waals surface area contributed by atoms with E-state index in [2.05, 4.69) is 10.2 Å². The molecule has 1 aliphatic heterocycles. The second-order valence-electron chi connectivity index (χ2n) is 6.96. The first-order chi connectivity index (χ1) is 12.5. The number of nitrogens with one attached hydrogen (secondary N) is 1. The van der Waals surface area contributed by atoms with Crippen molar-refractivity contribution in [1.82, 2.24) is 10.2 Å². The minimum atomic E-state index is 0.0186. The summed E-state index contributed by atoms with van der Waals surface area (Å²) in [6.07, 6.45) is 1.66. The lowest BCUT2D eigenvalue weighted by Crippen LogP contribution is -2.40. The third-order valence-electron chi connectivity index (χ3n) is 5.05. The predicted molar refractivity (Wildman–Crippen MR) is 104 cm³/mol. The van der Waals surface area contributed by atoms with Gasteiger partial charge in [-0.05, 0) is 56.6 Å². The molecule has 0 bridgehead atoms. The molecule has 0 saturated carbocycles. The van der Waals surface area contributed by atoms with Gasteiger partial charge in [0.2, 0.25) is 5.91 Å². The minimum absolute atomic E-state index is 0.0186. The number of rotatable bonds is 5. The van der Waals surface area contributed by atoms with E-state index < -0.39 is 0 Å². The maximum absolute atomic E-state index is 12.6. The van der Waals surface area contributed by atoms with E-state index in [0.29, 0.717) is 11.6 Å². The van der Waals surface area contributed by atoms with E-state index in [1.807, 2.05) is 37.3 Å². The molecule has 0 aromatic heterocycles. The second kappa shape index (κ2) is 8.56. The highest BCUT2D eigenvalue weighted by atomic mass is 35.5. The van der Waals surface area contributed by atoms with E-state index >= 15 is 0 Å². The molecular formula is C21H25ClN2O2. The molecule has 0 spiro atoms. The molecule has 1 unspecified atom stereocenters. The molecule has 0 aliphatic carbocycles. The number of halogens is 1. The third-order valence-corrected chi connectivity index (χ3v) is 5.29. The largest absolute Gasteiger partial charge is 0.508 e. The van der Waals surface area contributed by atoms with Crippen LogP contribution in [0.4, 0.5) is 0 Å². The molecule has 26 heavy (non-hydrogen) atoms. The van der Waals surface area contributed by atoms with Crippen LogP contribution in [-0.2, 0) is 11.3 Å². The van der Waals surface area contributed by atoms with E-state index in [9.17, 15) is 9.90 Å². The van der Waals surface area contributed by atoms with Crippen molar-refractivity contribution >= 4 is 17.5 Å². The van der Waals surface area contributed by atoms with Gasteiger partial charge in [0.15, 0.2) is 0 Å². The van der Waals surface area contributed by atoms with Gasteiger partial charge in [-0.2, -0.15) is 0 Å². The number of hydrogen-bond donors (Lipinski definition) is 2. The zero-order valence-electron chi connectivity index (χ0n) is 15.0. The summed E-state index contributed by atoms with van der Waals surface area (Å²) in [6.45, 7) is 4.35. The zero-order chi connectivity index (χ0) is 18.5. The van der Waals surface area contributed by atoms with Crippen molar-refractivity contribution in [3.63, 3.8) is 0 Å². The number of nitrogens with zero attached hydrogens (tertiary/aromatic N) is 1. The van der Waals surface area contributed by atoms with Gasteiger partial charge >= 0.3 is 0 Å². The molecule has 2 aromatic carbocycles. The Morgan fingerprint density at radius 1 is 1.23 bits per heavy atom. The van der Waals surface area contributed by atoms with E-state index in [1.165, 1.54) is 0 Å². The number of aromatic hydroxyl groups is 1. The summed E-state index contributed by atoms with van der Waals surface area (Å²) < 4.78 is 0. The Morgan fingerprint density at radius 2 is 1.92 bits per heavy atom. The van der Waals surface area contributed by atoms with Crippen molar-refractivity contribution in [3.05, 3.63) is 64.7 Å². The fourth-order valence-corrected chi connectivity index (χ4v) is 3.63. The smallest absolute Gasteiger partial charge is 0.223 e. The van der Waals surface area contributed by atoms with Crippen LogP contribution < -0.4 is 5.32 Å². The molecule has 1 fully saturated rings. The molecule has 1 saturated heterocycles. The Kier molecular flexibility index (Phi) is 6.17. The van der Waals surface area contributed by atoms with E-state index in [4.69, 9.17) is 11.6 Å². The van der Waals surface area contributed by atoms with E-state index in [1.54, 1.807) is 18.2 Å². The van der Waals surface area contributed by atoms with Crippen LogP contribution >= 0.6 is 11.6 Å². The molecule has 3 rings (SSSR count). The number of hydrogen-bond acceptors (Lipinski definition) is 3. The van der Waals surface area contributed by atoms with Crippen LogP contribution in [-0.4, -0.2) is 29.0 Å². The van der Waals surface area contributed by atoms with Crippen LogP contribution in [0.15, 0.2) is 48.5 Å². The van der Waals surface area contributed by atoms with Gasteiger partial charge in [0, 0.05) is 23.0 Å². The third kappa shape index (κ3) is 4.77. The molecule has 1 heterocycles. The highest BCUT2D eigenvalue weighted by Crippen LogP contribution is 2.26. The van der Waals surface area contributed by atoms with Gasteiger partial charge in [-0.25, -0.2) is 0 Å². The highest BCUT2D eigenvalue weighted by molar-refractivity contribution is 6.30. The lowest BCUT2D eigenvalue weighted by molar-refractivity contribution is -0.127. The van der Waals surface area contributed by atoms with Gasteiger partial charge < -0.3 is 10.4 Å². The Hall–Kier alpha value is -2.04. The Morgan fingerprint density at radius 3 is 2.62 bits per heavy atom. The van der Waals surface area contributed by atoms with Gasteiger partial charge in [0.05, 0.1) is 6.04 Å². The number of amides is 1. The van der Waals surface area contributed by atoms with Gasteiger partial charge in [-0.1, -0.05) is 41.9 Å². The summed E-state index contributed by atoms with van der Waals surface area (Å²) in [4.78, 5) is 14.8. The topological polar surface area (TPSA) is 52.6 Å². The van der Waals surface area contributed by atoms with Crippen molar-refractivity contribution in [1.29, 1.82) is 0 Å². The maximum atomic E-state index is 12.6. The number of benzene rings is 2. The van der Waals surface area contributed by atoms with Crippen LogP contribution in [0.2, 0.25) is 5.02 Å². The van der Waals surface area contributed by atoms with Crippen molar-refractivity contribution < 1.29 is 9.90 Å². The van der Waals surface area contributed by atoms with E-state index in [0.717, 1.165) is 37.1 Å². The van der Waals surface area contributed by atoms with Crippen molar-refractivity contribution in [3.8, 4) is 5.75 Å². The Balaban J connectivity index is 1.50. The number of carbonyl (C=O) groups excluding carboxylic acids is 1. The van der Waals surface area contributed by atoms with Crippen molar-refractivity contribution in [2.24, 2.45) is 5.92 Å². The second-order valence-corrected chi connectivity index (χ2v) is 7.40. The molecule has 138 valence electrons. The summed E-state index contributed by atoms with van der Waals surface area (Å²) >= 11 is 6.02. The lowest BCUT2D eigenvalue weighted by atomic mass is 9.94. The number of likely N-dealkylation sites (tertiary alicyclic amines) is 1. The van der Waals surface area contributed by atoms with Crippen molar-refractivity contribution in [2.45, 2.75) is 32.4 Å². The first-order valence-corrected chi connectivity index (χ1v) is 9.46. The Bertz CT molecular complexity index is 743. The molecule has 2 aromatic rings. The van der Waals surface area contributed by atoms with Gasteiger partial charge in [0.1, 0.15) is 5.75 Å². The fourth-order valence-electron chi connectivity index (χ4n) is 3.43. The molecule has 5 heteroatoms. The standard InChI is InChI=1S/C21H25ClN2O2/c1-15(16-5-3-2-4-6-16)23-21(26)17-9-11-24(12-10-17)14-18-13-19(22)7-8-20(18)25/h2-8,13,15,17,25H,9-12,14H2,1H3,(H,23,26). The van der Waals surface area contributed by atoms with Crippen LogP contribution in [0.3, 0.4) is 0 Å². The average Bonchev–Trinajstić information content (AvgIpc) is 2.66. The first kappa shape index (κ1) is 18.7. The van der Waals surface area contributed by atoms with Gasteiger partial charge in [0.25, 0.3) is 0 Å². The molecule has 4 nitrogen and oxygen atoms in total. The normalized spacial score (nSPS) is 17.0. The molecule has 1 amide bonds. The minimum Gasteiger partial charge on any atom is -0.508 e. The summed E-state index contributed by atoms with van der Waals surface area (Å²) in [6, 6.07) is 15.2. The monoisotopic (exact) mass is 372 g/mol. The molecule has 0 radical (unpaired) electrons. The summed E-state index contributed by atoms with van der Waals surface area (Å²) in [5.74, 6) is 0.447. The number of carbonyl (C=O) groups is 1. The SMILES string of the molecule is CC(NC(=O)C1CCN(Cc2cc(Cl)ccc2O)CC1)c1ccccc1. The molecule has 2 N–H and O–H groups in total. The summed E-state index contributed by atoms with van der Waals surface area (Å²) in [7, 11) is 0. The maximum Gasteiger partial charge on any atom is 0.223 e. The zero-order valence-corrected chi connectivity index (χ0v) is 15.7. The number of piperidine rings is 1. The number of phenols is 1. The van der Waals surface area contributed by atoms with Gasteiger partial charge in [-0.3, -0.25) is 9.69 Å². The first-order valence-electron chi connectivity index (χ1n) is 9.08. The fraction of sp³-hybridized carbons (Fsp3) is 0.381. The lowest BCUT2D eigenvalue weighted by Gasteiger charge is -2.32. The van der Waals surface area contributed by atoms with Crippen LogP contribution in [0, 0.1) is 5.92 Å². The van der Waals surface area contributed by atoms with Crippen molar-refractivity contribution in [2.75, 3.05) is 13.1 Å². The Labute approximate surface area is 159 Å². The summed E-state index contributed by atoms with van der Waals surface area (Å²) in [5, 5.41) is 13.7. The van der Waals surface area contributed by atoms with E-state index in [-0.39, 0.29) is 23.6 Å². The average molecular weight is 373 g/mol. The molecule has 1 aliphatic rings. The quantitative estimate of drug-likeness (QED) is 0.829. The highest BCUT2D eigenvalue weighted by Gasteiger charge is 2.26. The molecular weight excluding hydrogens is 348 g/mol. The van der Waals surface area contributed by atoms with Crippen LogP contribution in [0.5, 0.6) is 5.75 Å². The van der Waals surface area contributed by atoms with Crippen LogP contribution in [0.25, 0.3) is 0 Å². The number of phenolic OH excluding ortho intramolecular Hbond substituents is 1. The molecule has 1 atom stereocenters.